The summed E-state index contributed by atoms with van der Waals surface area (Å²) >= 11 is 1.71. The Labute approximate surface area is 288 Å². The fraction of sp³-hybridized carbons (Fsp3) is 0.474. The molecule has 48 heavy (non-hydrogen) atoms. The zero-order valence-corrected chi connectivity index (χ0v) is 29.3. The van der Waals surface area contributed by atoms with Crippen molar-refractivity contribution in [1.82, 2.24) is 25.0 Å². The second-order valence-electron chi connectivity index (χ2n) is 13.3. The Kier molecular flexibility index (Phi) is 10.9. The van der Waals surface area contributed by atoms with E-state index < -0.39 is 5.41 Å². The lowest BCUT2D eigenvalue weighted by atomic mass is 9.67. The molecule has 1 atom stereocenters. The SMILES string of the molecule is CCCC1(C(=O)[C@@H](CC)Cc2ccc(-c3cn[nH]c3)c(OC)c2)CCN(C(=O)c2ccc(N3CCN(Cc4nccs4)CC3)cc2)CC1. The molecule has 0 spiro atoms. The number of likely N-dealkylation sites (tertiary alicyclic amines) is 1. The molecule has 2 fully saturated rings. The van der Waals surface area contributed by atoms with E-state index in [1.165, 1.54) is 5.01 Å². The Bertz CT molecular complexity index is 1620. The third-order valence-corrected chi connectivity index (χ3v) is 11.1. The van der Waals surface area contributed by atoms with Crippen molar-refractivity contribution in [2.45, 2.75) is 58.9 Å². The molecule has 0 radical (unpaired) electrons. The first-order valence-electron chi connectivity index (χ1n) is 17.4. The summed E-state index contributed by atoms with van der Waals surface area (Å²) in [6.07, 6.45) is 10.2. The van der Waals surface area contributed by atoms with E-state index in [0.717, 1.165) is 85.7 Å². The fourth-order valence-electron chi connectivity index (χ4n) is 7.56. The first kappa shape index (κ1) is 33.9. The van der Waals surface area contributed by atoms with Crippen LogP contribution < -0.4 is 9.64 Å². The number of aromatic nitrogens is 3. The molecule has 6 rings (SSSR count). The van der Waals surface area contributed by atoms with Crippen LogP contribution in [0.3, 0.4) is 0 Å². The summed E-state index contributed by atoms with van der Waals surface area (Å²) in [6, 6.07) is 14.3. The number of H-pyrrole nitrogens is 1. The number of amides is 1. The van der Waals surface area contributed by atoms with E-state index in [-0.39, 0.29) is 11.8 Å². The van der Waals surface area contributed by atoms with Crippen LogP contribution in [0.25, 0.3) is 11.1 Å². The predicted molar refractivity (Wildman–Crippen MR) is 192 cm³/mol. The number of piperidine rings is 1. The number of hydrogen-bond donors (Lipinski definition) is 1. The van der Waals surface area contributed by atoms with Crippen molar-refractivity contribution in [3.8, 4) is 16.9 Å². The Morgan fingerprint density at radius 3 is 2.42 bits per heavy atom. The van der Waals surface area contributed by atoms with Gasteiger partial charge in [0.15, 0.2) is 0 Å². The highest BCUT2D eigenvalue weighted by Gasteiger charge is 2.43. The van der Waals surface area contributed by atoms with Gasteiger partial charge in [-0.1, -0.05) is 32.4 Å². The number of thiazole rings is 1. The lowest BCUT2D eigenvalue weighted by molar-refractivity contribution is -0.136. The molecule has 1 amide bonds. The number of Topliss-reactive ketones (excluding diaryl/α,β-unsaturated/α-hetero) is 1. The van der Waals surface area contributed by atoms with Gasteiger partial charge < -0.3 is 14.5 Å². The number of carbonyl (C=O) groups excluding carboxylic acids is 2. The zero-order valence-electron chi connectivity index (χ0n) is 28.5. The molecular formula is C38H48N6O3S. The largest absolute Gasteiger partial charge is 0.496 e. The number of benzene rings is 2. The number of nitrogens with zero attached hydrogens (tertiary/aromatic N) is 5. The molecule has 9 nitrogen and oxygen atoms in total. The molecule has 0 unspecified atom stereocenters. The Balaban J connectivity index is 1.05. The number of nitrogens with one attached hydrogen (secondary N) is 1. The molecule has 254 valence electrons. The Hall–Kier alpha value is -4.02. The number of ketones is 1. The summed E-state index contributed by atoms with van der Waals surface area (Å²) in [5, 5.41) is 10.1. The monoisotopic (exact) mass is 668 g/mol. The lowest BCUT2D eigenvalue weighted by Crippen LogP contribution is -2.48. The van der Waals surface area contributed by atoms with E-state index in [1.54, 1.807) is 24.6 Å². The number of ether oxygens (including phenoxy) is 1. The predicted octanol–water partition coefficient (Wildman–Crippen LogP) is 6.72. The minimum atomic E-state index is -0.390. The molecule has 0 bridgehead atoms. The molecule has 2 aromatic heterocycles. The van der Waals surface area contributed by atoms with Gasteiger partial charge in [0.05, 0.1) is 19.9 Å². The van der Waals surface area contributed by atoms with Crippen LogP contribution in [-0.4, -0.2) is 83.0 Å². The highest BCUT2D eigenvalue weighted by molar-refractivity contribution is 7.09. The van der Waals surface area contributed by atoms with Gasteiger partial charge in [-0.3, -0.25) is 19.6 Å². The van der Waals surface area contributed by atoms with Crippen molar-refractivity contribution in [2.75, 3.05) is 51.3 Å². The summed E-state index contributed by atoms with van der Waals surface area (Å²) in [5.74, 6) is 1.12. The maximum Gasteiger partial charge on any atom is 0.253 e. The van der Waals surface area contributed by atoms with Gasteiger partial charge in [-0.25, -0.2) is 4.98 Å². The minimum Gasteiger partial charge on any atom is -0.496 e. The summed E-state index contributed by atoms with van der Waals surface area (Å²) in [6.45, 7) is 10.3. The summed E-state index contributed by atoms with van der Waals surface area (Å²) in [7, 11) is 1.68. The van der Waals surface area contributed by atoms with E-state index in [4.69, 9.17) is 4.74 Å². The third-order valence-electron chi connectivity index (χ3n) is 10.4. The average Bonchev–Trinajstić information content (AvgIpc) is 3.86. The highest BCUT2D eigenvalue weighted by Crippen LogP contribution is 2.41. The number of anilines is 1. The molecular weight excluding hydrogens is 621 g/mol. The van der Waals surface area contributed by atoms with Crippen LogP contribution in [-0.2, 0) is 17.8 Å². The van der Waals surface area contributed by atoms with Gasteiger partial charge in [-0.2, -0.15) is 5.10 Å². The third kappa shape index (κ3) is 7.50. The standard InChI is InChI=1S/C38H48N6O3S/c1-4-12-38(36(45)29(5-2)23-28-6-11-33(34(24-28)47-3)31-25-40-41-26-31)13-16-44(17-14-38)37(46)30-7-9-32(10-8-30)43-20-18-42(19-21-43)27-35-39-15-22-48-35/h6-11,15,22,24-26,29H,4-5,12-14,16-21,23,27H2,1-3H3,(H,40,41)/t29-/m0/s1. The first-order chi connectivity index (χ1) is 23.4. The molecule has 4 aromatic rings. The van der Waals surface area contributed by atoms with Gasteiger partial charge in [-0.15, -0.1) is 11.3 Å². The second-order valence-corrected chi connectivity index (χ2v) is 14.2. The van der Waals surface area contributed by atoms with Gasteiger partial charge in [0, 0.05) is 90.8 Å². The Morgan fingerprint density at radius 1 is 1.02 bits per heavy atom. The Morgan fingerprint density at radius 2 is 1.79 bits per heavy atom. The lowest BCUT2D eigenvalue weighted by Gasteiger charge is -2.42. The molecule has 0 aliphatic carbocycles. The van der Waals surface area contributed by atoms with Crippen LogP contribution in [0, 0.1) is 11.3 Å². The van der Waals surface area contributed by atoms with Crippen molar-refractivity contribution in [3.05, 3.63) is 82.6 Å². The molecule has 2 aliphatic heterocycles. The zero-order chi connectivity index (χ0) is 33.5. The fourth-order valence-corrected chi connectivity index (χ4v) is 8.22. The van der Waals surface area contributed by atoms with Crippen LogP contribution in [0.4, 0.5) is 5.69 Å². The molecule has 2 aliphatic rings. The molecule has 1 N–H and O–H groups in total. The highest BCUT2D eigenvalue weighted by atomic mass is 32.1. The average molecular weight is 669 g/mol. The molecule has 0 saturated carbocycles. The van der Waals surface area contributed by atoms with Gasteiger partial charge in [0.25, 0.3) is 5.91 Å². The van der Waals surface area contributed by atoms with E-state index in [9.17, 15) is 9.59 Å². The number of piperazine rings is 1. The summed E-state index contributed by atoms with van der Waals surface area (Å²) < 4.78 is 5.72. The van der Waals surface area contributed by atoms with Gasteiger partial charge >= 0.3 is 0 Å². The van der Waals surface area contributed by atoms with Crippen molar-refractivity contribution in [2.24, 2.45) is 11.3 Å². The summed E-state index contributed by atoms with van der Waals surface area (Å²) in [5.41, 5.74) is 4.53. The van der Waals surface area contributed by atoms with E-state index in [1.807, 2.05) is 34.8 Å². The number of hydrogen-bond acceptors (Lipinski definition) is 8. The molecule has 2 saturated heterocycles. The number of rotatable bonds is 13. The van der Waals surface area contributed by atoms with Crippen LogP contribution in [0.2, 0.25) is 0 Å². The molecule has 2 aromatic carbocycles. The summed E-state index contributed by atoms with van der Waals surface area (Å²) in [4.78, 5) is 39.2. The van der Waals surface area contributed by atoms with Crippen molar-refractivity contribution < 1.29 is 14.3 Å². The second kappa shape index (κ2) is 15.5. The van der Waals surface area contributed by atoms with Crippen LogP contribution in [0.1, 0.15) is 66.9 Å². The van der Waals surface area contributed by atoms with E-state index >= 15 is 0 Å². The van der Waals surface area contributed by atoms with E-state index in [0.29, 0.717) is 38.1 Å². The van der Waals surface area contributed by atoms with Gasteiger partial charge in [0.1, 0.15) is 16.5 Å². The number of aromatic amines is 1. The van der Waals surface area contributed by atoms with Crippen molar-refractivity contribution in [3.63, 3.8) is 0 Å². The maximum absolute atomic E-state index is 14.3. The van der Waals surface area contributed by atoms with Crippen molar-refractivity contribution >= 4 is 28.7 Å². The van der Waals surface area contributed by atoms with E-state index in [2.05, 4.69) is 69.2 Å². The van der Waals surface area contributed by atoms with Crippen LogP contribution in [0.15, 0.2) is 66.4 Å². The number of carbonyl (C=O) groups is 2. The van der Waals surface area contributed by atoms with Gasteiger partial charge in [0.2, 0.25) is 0 Å². The van der Waals surface area contributed by atoms with Gasteiger partial charge in [-0.05, 0) is 68.0 Å². The normalized spacial score (nSPS) is 17.3. The quantitative estimate of drug-likeness (QED) is 0.169. The van der Waals surface area contributed by atoms with Crippen LogP contribution in [0.5, 0.6) is 5.75 Å². The molecule has 10 heteroatoms. The number of methoxy groups -OCH3 is 1. The smallest absolute Gasteiger partial charge is 0.253 e. The van der Waals surface area contributed by atoms with Crippen LogP contribution >= 0.6 is 11.3 Å². The maximum atomic E-state index is 14.3. The van der Waals surface area contributed by atoms with Crippen molar-refractivity contribution in [1.29, 1.82) is 0 Å². The first-order valence-corrected chi connectivity index (χ1v) is 18.3. The minimum absolute atomic E-state index is 0.0595. The topological polar surface area (TPSA) is 94.7 Å². The molecule has 4 heterocycles.